The molecule has 1 aliphatic rings. The van der Waals surface area contributed by atoms with Crippen molar-refractivity contribution in [3.63, 3.8) is 0 Å². The van der Waals surface area contributed by atoms with Gasteiger partial charge in [-0.3, -0.25) is 0 Å². The number of halogens is 1. The molecule has 0 spiro atoms. The predicted molar refractivity (Wildman–Crippen MR) is 79.0 cm³/mol. The molecule has 94 valence electrons. The number of rotatable bonds is 3. The molecule has 2 nitrogen and oxygen atoms in total. The van der Waals surface area contributed by atoms with Crippen LogP contribution in [0.3, 0.4) is 0 Å². The summed E-state index contributed by atoms with van der Waals surface area (Å²) in [6, 6.07) is 9.16. The number of benzene rings is 1. The lowest BCUT2D eigenvalue weighted by Gasteiger charge is -2.31. The molecule has 2 N–H and O–H groups in total. The number of aliphatic hydroxyl groups is 1. The van der Waals surface area contributed by atoms with E-state index in [1.165, 1.54) is 15.6 Å². The molecule has 0 saturated heterocycles. The summed E-state index contributed by atoms with van der Waals surface area (Å²) in [6.45, 7) is 2.17. The Hall–Kier alpha value is -0.130. The second-order valence-electron chi connectivity index (χ2n) is 4.90. The van der Waals surface area contributed by atoms with E-state index in [1.54, 1.807) is 0 Å². The molecule has 3 unspecified atom stereocenters. The van der Waals surface area contributed by atoms with Gasteiger partial charge in [0.2, 0.25) is 0 Å². The van der Waals surface area contributed by atoms with Gasteiger partial charge >= 0.3 is 0 Å². The van der Waals surface area contributed by atoms with Crippen molar-refractivity contribution in [2.24, 2.45) is 0 Å². The van der Waals surface area contributed by atoms with Gasteiger partial charge in [-0.15, -0.1) is 0 Å². The first-order valence-corrected chi connectivity index (χ1v) is 7.44. The number of hydrogen-bond acceptors (Lipinski definition) is 2. The highest BCUT2D eigenvalue weighted by Gasteiger charge is 2.24. The molecule has 1 aliphatic carbocycles. The standard InChI is InChI=1S/C14H20INO/c1-10(11-6-8-12(15)9-7-11)16-13-4-2-3-5-14(13)17/h6-10,13-14,16-17H,2-5H2,1H3. The third kappa shape index (κ3) is 3.66. The van der Waals surface area contributed by atoms with Gasteiger partial charge in [0.1, 0.15) is 0 Å². The van der Waals surface area contributed by atoms with Gasteiger partial charge < -0.3 is 10.4 Å². The number of hydrogen-bond donors (Lipinski definition) is 2. The normalized spacial score (nSPS) is 26.8. The van der Waals surface area contributed by atoms with Crippen LogP contribution in [0.25, 0.3) is 0 Å². The molecule has 0 bridgehead atoms. The molecule has 3 heteroatoms. The molecular formula is C14H20INO. The molecule has 0 aromatic heterocycles. The van der Waals surface area contributed by atoms with Gasteiger partial charge in [-0.2, -0.15) is 0 Å². The maximum absolute atomic E-state index is 9.95. The summed E-state index contributed by atoms with van der Waals surface area (Å²) in [5.41, 5.74) is 1.29. The summed E-state index contributed by atoms with van der Waals surface area (Å²) in [5, 5.41) is 13.5. The van der Waals surface area contributed by atoms with Gasteiger partial charge in [0.15, 0.2) is 0 Å². The fourth-order valence-electron chi connectivity index (χ4n) is 2.47. The maximum Gasteiger partial charge on any atom is 0.0693 e. The van der Waals surface area contributed by atoms with Crippen LogP contribution < -0.4 is 5.32 Å². The van der Waals surface area contributed by atoms with E-state index < -0.39 is 0 Å². The minimum Gasteiger partial charge on any atom is -0.392 e. The molecule has 1 aromatic rings. The van der Waals surface area contributed by atoms with Gasteiger partial charge in [0, 0.05) is 15.7 Å². The first kappa shape index (κ1) is 13.3. The van der Waals surface area contributed by atoms with E-state index in [0.717, 1.165) is 19.3 Å². The second kappa shape index (κ2) is 6.16. The summed E-state index contributed by atoms with van der Waals surface area (Å²) in [5.74, 6) is 0. The Bertz CT molecular complexity index is 352. The van der Waals surface area contributed by atoms with Crippen LogP contribution in [0.2, 0.25) is 0 Å². The summed E-state index contributed by atoms with van der Waals surface area (Å²) >= 11 is 2.32. The minimum atomic E-state index is -0.171. The molecule has 2 rings (SSSR count). The third-order valence-electron chi connectivity index (χ3n) is 3.56. The minimum absolute atomic E-state index is 0.171. The molecule has 0 heterocycles. The van der Waals surface area contributed by atoms with Crippen LogP contribution in [-0.2, 0) is 0 Å². The first-order chi connectivity index (χ1) is 8.16. The van der Waals surface area contributed by atoms with E-state index in [9.17, 15) is 5.11 Å². The SMILES string of the molecule is CC(NC1CCCCC1O)c1ccc(I)cc1. The Kier molecular flexibility index (Phi) is 4.82. The van der Waals surface area contributed by atoms with Crippen molar-refractivity contribution in [2.75, 3.05) is 0 Å². The van der Waals surface area contributed by atoms with Crippen LogP contribution in [0.15, 0.2) is 24.3 Å². The fraction of sp³-hybridized carbons (Fsp3) is 0.571. The Labute approximate surface area is 117 Å². The Morgan fingerprint density at radius 3 is 2.53 bits per heavy atom. The zero-order chi connectivity index (χ0) is 12.3. The lowest BCUT2D eigenvalue weighted by Crippen LogP contribution is -2.43. The lowest BCUT2D eigenvalue weighted by atomic mass is 9.91. The van der Waals surface area contributed by atoms with Crippen molar-refractivity contribution in [1.29, 1.82) is 0 Å². The van der Waals surface area contributed by atoms with Gasteiger partial charge in [-0.05, 0) is 60.1 Å². The predicted octanol–water partition coefficient (Wildman–Crippen LogP) is 3.25. The average molecular weight is 345 g/mol. The van der Waals surface area contributed by atoms with Gasteiger partial charge in [-0.25, -0.2) is 0 Å². The highest BCUT2D eigenvalue weighted by atomic mass is 127. The van der Waals surface area contributed by atoms with Crippen molar-refractivity contribution in [2.45, 2.75) is 50.8 Å². The van der Waals surface area contributed by atoms with Crippen molar-refractivity contribution in [3.05, 3.63) is 33.4 Å². The molecule has 1 aromatic carbocycles. The number of aliphatic hydroxyl groups excluding tert-OH is 1. The summed E-state index contributed by atoms with van der Waals surface area (Å²) < 4.78 is 1.26. The molecular weight excluding hydrogens is 325 g/mol. The quantitative estimate of drug-likeness (QED) is 0.825. The largest absolute Gasteiger partial charge is 0.392 e. The van der Waals surface area contributed by atoms with Crippen LogP contribution in [0.1, 0.15) is 44.2 Å². The monoisotopic (exact) mass is 345 g/mol. The molecule has 1 fully saturated rings. The average Bonchev–Trinajstić information content (AvgIpc) is 2.33. The van der Waals surface area contributed by atoms with E-state index in [-0.39, 0.29) is 12.1 Å². The van der Waals surface area contributed by atoms with Crippen molar-refractivity contribution >= 4 is 22.6 Å². The van der Waals surface area contributed by atoms with Crippen LogP contribution in [0, 0.1) is 3.57 Å². The summed E-state index contributed by atoms with van der Waals surface area (Å²) in [4.78, 5) is 0. The zero-order valence-electron chi connectivity index (χ0n) is 10.2. The molecule has 0 amide bonds. The number of nitrogens with one attached hydrogen (secondary N) is 1. The fourth-order valence-corrected chi connectivity index (χ4v) is 2.83. The van der Waals surface area contributed by atoms with E-state index in [2.05, 4.69) is 59.1 Å². The van der Waals surface area contributed by atoms with Crippen molar-refractivity contribution in [3.8, 4) is 0 Å². The highest BCUT2D eigenvalue weighted by Crippen LogP contribution is 2.22. The maximum atomic E-state index is 9.95. The molecule has 1 saturated carbocycles. The Morgan fingerprint density at radius 2 is 1.88 bits per heavy atom. The van der Waals surface area contributed by atoms with Gasteiger partial charge in [0.05, 0.1) is 6.10 Å². The van der Waals surface area contributed by atoms with Crippen LogP contribution >= 0.6 is 22.6 Å². The van der Waals surface area contributed by atoms with Crippen LogP contribution in [0.5, 0.6) is 0 Å². The smallest absolute Gasteiger partial charge is 0.0693 e. The molecule has 17 heavy (non-hydrogen) atoms. The second-order valence-corrected chi connectivity index (χ2v) is 6.14. The van der Waals surface area contributed by atoms with Crippen LogP contribution in [-0.4, -0.2) is 17.3 Å². The molecule has 0 aliphatic heterocycles. The van der Waals surface area contributed by atoms with E-state index >= 15 is 0 Å². The Morgan fingerprint density at radius 1 is 1.24 bits per heavy atom. The van der Waals surface area contributed by atoms with Crippen molar-refractivity contribution < 1.29 is 5.11 Å². The summed E-state index contributed by atoms with van der Waals surface area (Å²) in [7, 11) is 0. The van der Waals surface area contributed by atoms with E-state index in [1.807, 2.05) is 0 Å². The molecule has 0 radical (unpaired) electrons. The highest BCUT2D eigenvalue weighted by molar-refractivity contribution is 14.1. The zero-order valence-corrected chi connectivity index (χ0v) is 12.4. The van der Waals surface area contributed by atoms with Crippen LogP contribution in [0.4, 0.5) is 0 Å². The lowest BCUT2D eigenvalue weighted by molar-refractivity contribution is 0.0860. The van der Waals surface area contributed by atoms with Gasteiger partial charge in [-0.1, -0.05) is 25.0 Å². The molecule has 3 atom stereocenters. The summed E-state index contributed by atoms with van der Waals surface area (Å²) in [6.07, 6.45) is 4.26. The Balaban J connectivity index is 1.95. The van der Waals surface area contributed by atoms with E-state index in [0.29, 0.717) is 6.04 Å². The van der Waals surface area contributed by atoms with Crippen molar-refractivity contribution in [1.82, 2.24) is 5.32 Å². The third-order valence-corrected chi connectivity index (χ3v) is 4.28. The topological polar surface area (TPSA) is 32.3 Å². The first-order valence-electron chi connectivity index (χ1n) is 6.36. The van der Waals surface area contributed by atoms with E-state index in [4.69, 9.17) is 0 Å². The van der Waals surface area contributed by atoms with Gasteiger partial charge in [0.25, 0.3) is 0 Å².